The van der Waals surface area contributed by atoms with Crippen molar-refractivity contribution < 1.29 is 4.79 Å². The molecule has 1 N–H and O–H groups in total. The Kier molecular flexibility index (Phi) is 3.69. The van der Waals surface area contributed by atoms with Crippen LogP contribution < -0.4 is 5.32 Å². The van der Waals surface area contributed by atoms with Crippen molar-refractivity contribution in [1.82, 2.24) is 15.1 Å². The zero-order chi connectivity index (χ0) is 9.84. The molecular formula is C9H19N3O. The van der Waals surface area contributed by atoms with Crippen LogP contribution in [0.3, 0.4) is 0 Å². The van der Waals surface area contributed by atoms with Crippen molar-refractivity contribution in [2.24, 2.45) is 0 Å². The van der Waals surface area contributed by atoms with Crippen LogP contribution in [0, 0.1) is 0 Å². The lowest BCUT2D eigenvalue weighted by Crippen LogP contribution is -2.54. The van der Waals surface area contributed by atoms with Crippen molar-refractivity contribution in [3.8, 4) is 0 Å². The van der Waals surface area contributed by atoms with E-state index in [9.17, 15) is 4.79 Å². The van der Waals surface area contributed by atoms with Crippen LogP contribution in [-0.2, 0) is 4.79 Å². The van der Waals surface area contributed by atoms with E-state index >= 15 is 0 Å². The van der Waals surface area contributed by atoms with Crippen molar-refractivity contribution in [3.63, 3.8) is 0 Å². The lowest BCUT2D eigenvalue weighted by atomic mass is 10.2. The van der Waals surface area contributed by atoms with Gasteiger partial charge in [-0.1, -0.05) is 0 Å². The van der Waals surface area contributed by atoms with E-state index in [1.54, 1.807) is 0 Å². The van der Waals surface area contributed by atoms with Crippen LogP contribution in [-0.4, -0.2) is 62.0 Å². The van der Waals surface area contributed by atoms with Crippen molar-refractivity contribution in [3.05, 3.63) is 0 Å². The van der Waals surface area contributed by atoms with Gasteiger partial charge in [0.15, 0.2) is 0 Å². The molecule has 0 saturated carbocycles. The first kappa shape index (κ1) is 10.5. The van der Waals surface area contributed by atoms with Gasteiger partial charge in [-0.05, 0) is 21.0 Å². The Morgan fingerprint density at radius 1 is 1.62 bits per heavy atom. The number of hydrogen-bond acceptors (Lipinski definition) is 3. The lowest BCUT2D eigenvalue weighted by Gasteiger charge is -2.34. The SMILES string of the molecule is C[C@H]1CNCCN1C(=O)CN(C)C. The molecule has 0 radical (unpaired) electrons. The highest BCUT2D eigenvalue weighted by molar-refractivity contribution is 5.78. The van der Waals surface area contributed by atoms with Crippen LogP contribution in [0.1, 0.15) is 6.92 Å². The average molecular weight is 185 g/mol. The number of amides is 1. The van der Waals surface area contributed by atoms with Crippen LogP contribution in [0.25, 0.3) is 0 Å². The number of hydrogen-bond donors (Lipinski definition) is 1. The molecule has 0 aromatic rings. The molecule has 1 rings (SSSR count). The molecule has 4 nitrogen and oxygen atoms in total. The number of carbonyl (C=O) groups excluding carboxylic acids is 1. The van der Waals surface area contributed by atoms with Crippen molar-refractivity contribution in [1.29, 1.82) is 0 Å². The second-order valence-corrected chi connectivity index (χ2v) is 3.88. The van der Waals surface area contributed by atoms with Gasteiger partial charge in [0, 0.05) is 25.7 Å². The standard InChI is InChI=1S/C9H19N3O/c1-8-6-10-4-5-12(8)9(13)7-11(2)3/h8,10H,4-7H2,1-3H3/t8-/m0/s1. The average Bonchev–Trinajstić information content (AvgIpc) is 2.03. The van der Waals surface area contributed by atoms with Crippen molar-refractivity contribution in [2.75, 3.05) is 40.3 Å². The molecule has 1 aliphatic heterocycles. The third-order valence-corrected chi connectivity index (χ3v) is 2.27. The molecule has 0 spiro atoms. The first-order valence-electron chi connectivity index (χ1n) is 4.76. The second-order valence-electron chi connectivity index (χ2n) is 3.88. The van der Waals surface area contributed by atoms with E-state index in [4.69, 9.17) is 0 Å². The highest BCUT2D eigenvalue weighted by atomic mass is 16.2. The molecule has 1 atom stereocenters. The van der Waals surface area contributed by atoms with E-state index in [1.165, 1.54) is 0 Å². The first-order valence-corrected chi connectivity index (χ1v) is 4.76. The summed E-state index contributed by atoms with van der Waals surface area (Å²) >= 11 is 0. The van der Waals surface area contributed by atoms with E-state index in [0.29, 0.717) is 12.6 Å². The Hall–Kier alpha value is -0.610. The third kappa shape index (κ3) is 2.97. The summed E-state index contributed by atoms with van der Waals surface area (Å²) < 4.78 is 0. The topological polar surface area (TPSA) is 35.6 Å². The van der Waals surface area contributed by atoms with Gasteiger partial charge in [0.2, 0.25) is 5.91 Å². The number of nitrogens with one attached hydrogen (secondary N) is 1. The number of piperazine rings is 1. The minimum absolute atomic E-state index is 0.235. The maximum Gasteiger partial charge on any atom is 0.237 e. The Balaban J connectivity index is 2.44. The largest absolute Gasteiger partial charge is 0.336 e. The zero-order valence-electron chi connectivity index (χ0n) is 8.71. The van der Waals surface area contributed by atoms with E-state index in [1.807, 2.05) is 23.9 Å². The van der Waals surface area contributed by atoms with Gasteiger partial charge < -0.3 is 15.1 Å². The molecule has 1 saturated heterocycles. The molecule has 1 amide bonds. The fourth-order valence-corrected chi connectivity index (χ4v) is 1.57. The minimum Gasteiger partial charge on any atom is -0.336 e. The van der Waals surface area contributed by atoms with Gasteiger partial charge >= 0.3 is 0 Å². The van der Waals surface area contributed by atoms with Crippen molar-refractivity contribution >= 4 is 5.91 Å². The number of nitrogens with zero attached hydrogens (tertiary/aromatic N) is 2. The summed E-state index contributed by atoms with van der Waals surface area (Å²) in [6.45, 7) is 5.28. The molecule has 76 valence electrons. The summed E-state index contributed by atoms with van der Waals surface area (Å²) in [6.07, 6.45) is 0. The van der Waals surface area contributed by atoms with E-state index in [2.05, 4.69) is 12.2 Å². The molecule has 4 heteroatoms. The molecule has 0 aliphatic carbocycles. The van der Waals surface area contributed by atoms with Gasteiger partial charge in [-0.3, -0.25) is 4.79 Å². The number of carbonyl (C=O) groups is 1. The fourth-order valence-electron chi connectivity index (χ4n) is 1.57. The summed E-state index contributed by atoms with van der Waals surface area (Å²) in [6, 6.07) is 0.334. The summed E-state index contributed by atoms with van der Waals surface area (Å²) in [5.41, 5.74) is 0. The molecular weight excluding hydrogens is 166 g/mol. The fraction of sp³-hybridized carbons (Fsp3) is 0.889. The molecule has 0 bridgehead atoms. The highest BCUT2D eigenvalue weighted by Crippen LogP contribution is 2.02. The predicted octanol–water partition coefficient (Wildman–Crippen LogP) is -0.632. The van der Waals surface area contributed by atoms with E-state index in [0.717, 1.165) is 19.6 Å². The molecule has 0 aromatic heterocycles. The second kappa shape index (κ2) is 4.58. The molecule has 1 fully saturated rings. The lowest BCUT2D eigenvalue weighted by molar-refractivity contribution is -0.134. The quantitative estimate of drug-likeness (QED) is 0.622. The molecule has 1 heterocycles. The summed E-state index contributed by atoms with van der Waals surface area (Å²) in [5, 5.41) is 3.27. The van der Waals surface area contributed by atoms with Crippen molar-refractivity contribution in [2.45, 2.75) is 13.0 Å². The van der Waals surface area contributed by atoms with Crippen LogP contribution >= 0.6 is 0 Å². The number of likely N-dealkylation sites (N-methyl/N-ethyl adjacent to an activating group) is 1. The van der Waals surface area contributed by atoms with Crippen LogP contribution in [0.5, 0.6) is 0 Å². The van der Waals surface area contributed by atoms with E-state index < -0.39 is 0 Å². The summed E-state index contributed by atoms with van der Waals surface area (Å²) in [4.78, 5) is 15.5. The highest BCUT2D eigenvalue weighted by Gasteiger charge is 2.22. The van der Waals surface area contributed by atoms with Gasteiger partial charge in [0.05, 0.1) is 6.54 Å². The Bertz CT molecular complexity index is 182. The third-order valence-electron chi connectivity index (χ3n) is 2.27. The Labute approximate surface area is 79.9 Å². The maximum atomic E-state index is 11.7. The van der Waals surface area contributed by atoms with Crippen LogP contribution in [0.2, 0.25) is 0 Å². The predicted molar refractivity (Wildman–Crippen MR) is 52.6 cm³/mol. The smallest absolute Gasteiger partial charge is 0.237 e. The van der Waals surface area contributed by atoms with Crippen LogP contribution in [0.4, 0.5) is 0 Å². The van der Waals surface area contributed by atoms with Gasteiger partial charge in [-0.2, -0.15) is 0 Å². The molecule has 0 unspecified atom stereocenters. The molecule has 1 aliphatic rings. The monoisotopic (exact) mass is 185 g/mol. The normalized spacial score (nSPS) is 23.7. The summed E-state index contributed by atoms with van der Waals surface area (Å²) in [7, 11) is 3.84. The first-order chi connectivity index (χ1) is 6.11. The van der Waals surface area contributed by atoms with E-state index in [-0.39, 0.29) is 5.91 Å². The molecule has 13 heavy (non-hydrogen) atoms. The maximum absolute atomic E-state index is 11.7. The Morgan fingerprint density at radius 2 is 2.31 bits per heavy atom. The van der Waals surface area contributed by atoms with Crippen LogP contribution in [0.15, 0.2) is 0 Å². The minimum atomic E-state index is 0.235. The molecule has 0 aromatic carbocycles. The van der Waals surface area contributed by atoms with Gasteiger partial charge in [0.25, 0.3) is 0 Å². The van der Waals surface area contributed by atoms with Gasteiger partial charge in [-0.15, -0.1) is 0 Å². The van der Waals surface area contributed by atoms with Gasteiger partial charge in [0.1, 0.15) is 0 Å². The number of rotatable bonds is 2. The Morgan fingerprint density at radius 3 is 2.85 bits per heavy atom. The zero-order valence-corrected chi connectivity index (χ0v) is 8.71. The van der Waals surface area contributed by atoms with Gasteiger partial charge in [-0.25, -0.2) is 0 Å². The summed E-state index contributed by atoms with van der Waals surface area (Å²) in [5.74, 6) is 0.235.